The summed E-state index contributed by atoms with van der Waals surface area (Å²) < 4.78 is 24.7. The highest BCUT2D eigenvalue weighted by molar-refractivity contribution is 7.91. The molecule has 2 aromatic heterocycles. The van der Waals surface area contributed by atoms with Crippen molar-refractivity contribution < 1.29 is 8.42 Å². The van der Waals surface area contributed by atoms with Crippen molar-refractivity contribution in [3.05, 3.63) is 65.4 Å². The first kappa shape index (κ1) is 18.3. The molecule has 0 saturated heterocycles. The van der Waals surface area contributed by atoms with Crippen LogP contribution in [0.25, 0.3) is 11.5 Å². The fourth-order valence-corrected chi connectivity index (χ4v) is 3.67. The lowest BCUT2D eigenvalue weighted by Gasteiger charge is -2.11. The summed E-state index contributed by atoms with van der Waals surface area (Å²) in [5.74, 6) is 0.749. The molecule has 0 radical (unpaired) electrons. The molecule has 8 heteroatoms. The molecular formula is C18H17ClN4O2S. The predicted molar refractivity (Wildman–Crippen MR) is 102 cm³/mol. The van der Waals surface area contributed by atoms with Crippen LogP contribution in [0, 0.1) is 6.92 Å². The van der Waals surface area contributed by atoms with Crippen LogP contribution in [0.1, 0.15) is 5.69 Å². The minimum absolute atomic E-state index is 0.0741. The minimum atomic E-state index is -3.38. The highest BCUT2D eigenvalue weighted by atomic mass is 35.5. The normalized spacial score (nSPS) is 11.3. The Morgan fingerprint density at radius 1 is 1.04 bits per heavy atom. The zero-order chi connectivity index (χ0) is 18.6. The van der Waals surface area contributed by atoms with Gasteiger partial charge in [0.25, 0.3) is 0 Å². The van der Waals surface area contributed by atoms with Gasteiger partial charge in [-0.3, -0.25) is 4.98 Å². The molecule has 0 aliphatic rings. The second kappa shape index (κ2) is 7.80. The Hall–Kier alpha value is -2.51. The summed E-state index contributed by atoms with van der Waals surface area (Å²) in [6.45, 7) is 1.94. The zero-order valence-electron chi connectivity index (χ0n) is 14.1. The van der Waals surface area contributed by atoms with Crippen molar-refractivity contribution >= 4 is 27.3 Å². The average Bonchev–Trinajstić information content (AvgIpc) is 2.66. The molecule has 3 aromatic rings. The third-order valence-electron chi connectivity index (χ3n) is 3.68. The molecule has 0 unspecified atom stereocenters. The molecule has 0 saturated carbocycles. The van der Waals surface area contributed by atoms with Crippen LogP contribution < -0.4 is 5.32 Å². The molecule has 26 heavy (non-hydrogen) atoms. The summed E-state index contributed by atoms with van der Waals surface area (Å²) in [5, 5.41) is 3.36. The van der Waals surface area contributed by atoms with Crippen LogP contribution >= 0.6 is 11.6 Å². The molecule has 1 N–H and O–H groups in total. The first-order valence-corrected chi connectivity index (χ1v) is 9.97. The molecule has 0 aliphatic heterocycles. The number of pyridine rings is 1. The van der Waals surface area contributed by atoms with E-state index in [1.807, 2.05) is 6.07 Å². The van der Waals surface area contributed by atoms with Crippen LogP contribution in [-0.4, -0.2) is 35.7 Å². The fraction of sp³-hybridized carbons (Fsp3) is 0.167. The van der Waals surface area contributed by atoms with Crippen LogP contribution in [0.5, 0.6) is 0 Å². The van der Waals surface area contributed by atoms with Crippen molar-refractivity contribution in [1.82, 2.24) is 15.0 Å². The Labute approximate surface area is 157 Å². The van der Waals surface area contributed by atoms with E-state index in [0.717, 1.165) is 0 Å². The largest absolute Gasteiger partial charge is 0.368 e. The van der Waals surface area contributed by atoms with Crippen LogP contribution in [0.15, 0.2) is 59.6 Å². The van der Waals surface area contributed by atoms with Crippen molar-refractivity contribution in [2.45, 2.75) is 11.8 Å². The van der Waals surface area contributed by atoms with E-state index in [4.69, 9.17) is 11.6 Å². The standard InChI is InChI=1S/C18H17ClN4O2S/c1-13-16(19)18(23-17(22-13)15-9-5-6-10-20-15)21-11-12-26(24,25)14-7-3-2-4-8-14/h2-10H,11-12H2,1H3,(H,21,22,23). The van der Waals surface area contributed by atoms with Gasteiger partial charge in [-0.1, -0.05) is 35.9 Å². The topological polar surface area (TPSA) is 84.8 Å². The molecule has 0 amide bonds. The monoisotopic (exact) mass is 388 g/mol. The Morgan fingerprint density at radius 2 is 1.77 bits per heavy atom. The van der Waals surface area contributed by atoms with Crippen molar-refractivity contribution in [2.24, 2.45) is 0 Å². The number of hydrogen-bond donors (Lipinski definition) is 1. The minimum Gasteiger partial charge on any atom is -0.368 e. The number of sulfone groups is 1. The number of nitrogens with one attached hydrogen (secondary N) is 1. The van der Waals surface area contributed by atoms with Gasteiger partial charge in [0.1, 0.15) is 16.5 Å². The Bertz CT molecular complexity index is 996. The van der Waals surface area contributed by atoms with Gasteiger partial charge in [-0.2, -0.15) is 0 Å². The maximum atomic E-state index is 12.3. The van der Waals surface area contributed by atoms with Gasteiger partial charge in [0.15, 0.2) is 15.7 Å². The first-order chi connectivity index (χ1) is 12.5. The third kappa shape index (κ3) is 4.17. The van der Waals surface area contributed by atoms with E-state index < -0.39 is 9.84 Å². The molecule has 0 spiro atoms. The highest BCUT2D eigenvalue weighted by Gasteiger charge is 2.15. The van der Waals surface area contributed by atoms with Gasteiger partial charge in [-0.15, -0.1) is 0 Å². The van der Waals surface area contributed by atoms with Gasteiger partial charge < -0.3 is 5.32 Å². The lowest BCUT2D eigenvalue weighted by Crippen LogP contribution is -2.17. The Balaban J connectivity index is 1.77. The quantitative estimate of drug-likeness (QED) is 0.696. The molecule has 0 bridgehead atoms. The zero-order valence-corrected chi connectivity index (χ0v) is 15.6. The van der Waals surface area contributed by atoms with Crippen LogP contribution in [-0.2, 0) is 9.84 Å². The first-order valence-electron chi connectivity index (χ1n) is 7.94. The molecule has 0 atom stereocenters. The number of anilines is 1. The van der Waals surface area contributed by atoms with E-state index in [1.165, 1.54) is 0 Å². The summed E-state index contributed by atoms with van der Waals surface area (Å²) >= 11 is 6.26. The average molecular weight is 389 g/mol. The van der Waals surface area contributed by atoms with E-state index >= 15 is 0 Å². The molecular weight excluding hydrogens is 372 g/mol. The van der Waals surface area contributed by atoms with E-state index in [0.29, 0.717) is 32.9 Å². The lowest BCUT2D eigenvalue weighted by molar-refractivity contribution is 0.596. The summed E-state index contributed by atoms with van der Waals surface area (Å²) in [6, 6.07) is 13.8. The van der Waals surface area contributed by atoms with Crippen molar-refractivity contribution in [1.29, 1.82) is 0 Å². The van der Waals surface area contributed by atoms with Crippen molar-refractivity contribution in [3.63, 3.8) is 0 Å². The SMILES string of the molecule is Cc1nc(-c2ccccn2)nc(NCCS(=O)(=O)c2ccccc2)c1Cl. The van der Waals surface area contributed by atoms with Crippen molar-refractivity contribution in [2.75, 3.05) is 17.6 Å². The number of rotatable bonds is 6. The maximum Gasteiger partial charge on any atom is 0.180 e. The summed E-state index contributed by atoms with van der Waals surface area (Å²) in [7, 11) is -3.38. The molecule has 134 valence electrons. The summed E-state index contributed by atoms with van der Waals surface area (Å²) in [4.78, 5) is 13.2. The maximum absolute atomic E-state index is 12.3. The highest BCUT2D eigenvalue weighted by Crippen LogP contribution is 2.25. The molecule has 6 nitrogen and oxygen atoms in total. The second-order valence-corrected chi connectivity index (χ2v) is 8.06. The fourth-order valence-electron chi connectivity index (χ4n) is 2.34. The number of benzene rings is 1. The Kier molecular flexibility index (Phi) is 5.49. The molecule has 0 fully saturated rings. The van der Waals surface area contributed by atoms with Gasteiger partial charge in [-0.25, -0.2) is 18.4 Å². The number of aryl methyl sites for hydroxylation is 1. The molecule has 2 heterocycles. The van der Waals surface area contributed by atoms with Crippen molar-refractivity contribution in [3.8, 4) is 11.5 Å². The Morgan fingerprint density at radius 3 is 2.46 bits per heavy atom. The summed E-state index contributed by atoms with van der Waals surface area (Å²) in [5.41, 5.74) is 1.21. The van der Waals surface area contributed by atoms with Crippen LogP contribution in [0.4, 0.5) is 5.82 Å². The predicted octanol–water partition coefficient (Wildman–Crippen LogP) is 3.39. The van der Waals surface area contributed by atoms with Crippen LogP contribution in [0.3, 0.4) is 0 Å². The molecule has 1 aromatic carbocycles. The van der Waals surface area contributed by atoms with E-state index in [1.54, 1.807) is 55.6 Å². The number of nitrogens with zero attached hydrogens (tertiary/aromatic N) is 3. The smallest absolute Gasteiger partial charge is 0.180 e. The second-order valence-electron chi connectivity index (χ2n) is 5.57. The van der Waals surface area contributed by atoms with Crippen LogP contribution in [0.2, 0.25) is 5.02 Å². The number of aromatic nitrogens is 3. The third-order valence-corrected chi connectivity index (χ3v) is 5.86. The van der Waals surface area contributed by atoms with Gasteiger partial charge in [0, 0.05) is 12.7 Å². The van der Waals surface area contributed by atoms with E-state index in [9.17, 15) is 8.42 Å². The van der Waals surface area contributed by atoms with Gasteiger partial charge in [-0.05, 0) is 31.2 Å². The number of hydrogen-bond acceptors (Lipinski definition) is 6. The lowest BCUT2D eigenvalue weighted by atomic mass is 10.3. The van der Waals surface area contributed by atoms with Gasteiger partial charge in [0.2, 0.25) is 0 Å². The molecule has 3 rings (SSSR count). The molecule has 0 aliphatic carbocycles. The summed E-state index contributed by atoms with van der Waals surface area (Å²) in [6.07, 6.45) is 1.65. The van der Waals surface area contributed by atoms with Gasteiger partial charge in [0.05, 0.1) is 16.3 Å². The number of halogens is 1. The van der Waals surface area contributed by atoms with E-state index in [2.05, 4.69) is 20.3 Å². The van der Waals surface area contributed by atoms with E-state index in [-0.39, 0.29) is 12.3 Å². The van der Waals surface area contributed by atoms with Gasteiger partial charge >= 0.3 is 0 Å².